The quantitative estimate of drug-likeness (QED) is 0.590. The smallest absolute Gasteiger partial charge is 0.248 e. The molecule has 8 nitrogen and oxygen atoms in total. The Bertz CT molecular complexity index is 1130. The highest BCUT2D eigenvalue weighted by molar-refractivity contribution is 7.81. The van der Waals surface area contributed by atoms with Crippen LogP contribution in [0.25, 0.3) is 11.4 Å². The van der Waals surface area contributed by atoms with Crippen LogP contribution in [-0.2, 0) is 30.1 Å². The number of nitrogens with zero attached hydrogens (tertiary/aromatic N) is 4. The van der Waals surface area contributed by atoms with Crippen molar-refractivity contribution in [1.29, 1.82) is 0 Å². The summed E-state index contributed by atoms with van der Waals surface area (Å²) >= 11 is -2.63. The Labute approximate surface area is 184 Å². The van der Waals surface area contributed by atoms with E-state index in [4.69, 9.17) is 5.73 Å². The van der Waals surface area contributed by atoms with Crippen LogP contribution in [0.1, 0.15) is 49.4 Å². The lowest BCUT2D eigenvalue weighted by molar-refractivity contribution is 0.100. The molecule has 2 aromatic carbocycles. The number of hydrogen-bond donors (Lipinski definition) is 1. The molecular formula is C22H26N5O3S-. The average molecular weight is 441 g/mol. The Hall–Kier alpha value is -3.04. The molecule has 0 spiro atoms. The summed E-state index contributed by atoms with van der Waals surface area (Å²) in [5, 5.41) is 8.40. The van der Waals surface area contributed by atoms with Gasteiger partial charge in [0.15, 0.2) is 5.82 Å². The van der Waals surface area contributed by atoms with Gasteiger partial charge in [-0.1, -0.05) is 39.8 Å². The number of primary amides is 1. The van der Waals surface area contributed by atoms with Crippen LogP contribution >= 0.6 is 0 Å². The molecular weight excluding hydrogens is 414 g/mol. The van der Waals surface area contributed by atoms with Gasteiger partial charge in [-0.2, -0.15) is 0 Å². The van der Waals surface area contributed by atoms with E-state index < -0.39 is 17.2 Å². The molecule has 0 saturated heterocycles. The van der Waals surface area contributed by atoms with E-state index in [0.29, 0.717) is 29.2 Å². The number of carbonyl (C=O) groups excluding carboxylic acids is 1. The number of aromatic nitrogens is 3. The largest absolute Gasteiger partial charge is 0.755 e. The van der Waals surface area contributed by atoms with Gasteiger partial charge in [0, 0.05) is 24.6 Å². The second-order valence-corrected chi connectivity index (χ2v) is 9.06. The SMILES string of the molecule is CCc1nnc(-c2cc(C(N)=O)ccc2N(c2ccc(C(C)(C)C)cc2)S(=O)[O-])n1C. The summed E-state index contributed by atoms with van der Waals surface area (Å²) in [7, 11) is 1.80. The van der Waals surface area contributed by atoms with Crippen LogP contribution in [0.5, 0.6) is 0 Å². The topological polar surface area (TPSA) is 117 Å². The van der Waals surface area contributed by atoms with Crippen molar-refractivity contribution in [3.63, 3.8) is 0 Å². The molecule has 31 heavy (non-hydrogen) atoms. The van der Waals surface area contributed by atoms with Crippen LogP contribution in [-0.4, -0.2) is 29.4 Å². The highest BCUT2D eigenvalue weighted by Gasteiger charge is 2.22. The van der Waals surface area contributed by atoms with Crippen molar-refractivity contribution in [1.82, 2.24) is 14.8 Å². The lowest BCUT2D eigenvalue weighted by Gasteiger charge is -2.29. The first-order chi connectivity index (χ1) is 14.5. The monoisotopic (exact) mass is 440 g/mol. The van der Waals surface area contributed by atoms with Crippen molar-refractivity contribution in [2.75, 3.05) is 4.31 Å². The molecule has 0 radical (unpaired) electrons. The molecule has 2 N–H and O–H groups in total. The standard InChI is InChI=1S/C22H27N5O3S/c1-6-19-24-25-21(26(19)5)17-13-14(20(23)28)7-12-18(17)27(31(29)30)16-10-8-15(9-11-16)22(2,3)4/h7-13H,6H2,1-5H3,(H2,23,28)(H,29,30)/p-1. The van der Waals surface area contributed by atoms with Crippen LogP contribution in [0.3, 0.4) is 0 Å². The third kappa shape index (κ3) is 4.52. The summed E-state index contributed by atoms with van der Waals surface area (Å²) in [6.07, 6.45) is 0.653. The Morgan fingerprint density at radius 2 is 1.81 bits per heavy atom. The minimum atomic E-state index is -2.63. The number of benzene rings is 2. The molecule has 0 fully saturated rings. The van der Waals surface area contributed by atoms with E-state index in [1.165, 1.54) is 10.4 Å². The van der Waals surface area contributed by atoms with Crippen molar-refractivity contribution >= 4 is 28.5 Å². The van der Waals surface area contributed by atoms with Crippen molar-refractivity contribution in [3.8, 4) is 11.4 Å². The molecule has 0 aliphatic rings. The first-order valence-electron chi connectivity index (χ1n) is 9.87. The minimum absolute atomic E-state index is 0.0660. The van der Waals surface area contributed by atoms with Crippen molar-refractivity contribution < 1.29 is 13.6 Å². The zero-order valence-corrected chi connectivity index (χ0v) is 19.1. The number of nitrogens with two attached hydrogens (primary N) is 1. The van der Waals surface area contributed by atoms with Gasteiger partial charge >= 0.3 is 0 Å². The third-order valence-corrected chi connectivity index (χ3v) is 5.84. The van der Waals surface area contributed by atoms with E-state index in [9.17, 15) is 13.6 Å². The number of anilines is 2. The normalized spacial score (nSPS) is 12.6. The third-order valence-electron chi connectivity index (χ3n) is 5.14. The number of hydrogen-bond acceptors (Lipinski definition) is 5. The fourth-order valence-corrected chi connectivity index (χ4v) is 3.97. The first-order valence-corrected chi connectivity index (χ1v) is 10.9. The molecule has 9 heteroatoms. The van der Waals surface area contributed by atoms with E-state index in [0.717, 1.165) is 11.4 Å². The number of aryl methyl sites for hydroxylation is 1. The molecule has 3 aromatic rings. The van der Waals surface area contributed by atoms with E-state index in [1.807, 2.05) is 19.1 Å². The van der Waals surface area contributed by atoms with Gasteiger partial charge in [-0.05, 0) is 41.3 Å². The zero-order chi connectivity index (χ0) is 22.9. The molecule has 1 atom stereocenters. The highest BCUT2D eigenvalue weighted by atomic mass is 32.2. The molecule has 164 valence electrons. The molecule has 0 bridgehead atoms. The second-order valence-electron chi connectivity index (χ2n) is 8.26. The maximum absolute atomic E-state index is 12.3. The average Bonchev–Trinajstić information content (AvgIpc) is 3.08. The highest BCUT2D eigenvalue weighted by Crippen LogP contribution is 2.37. The number of carbonyl (C=O) groups is 1. The van der Waals surface area contributed by atoms with Gasteiger partial charge in [0.1, 0.15) is 5.82 Å². The van der Waals surface area contributed by atoms with E-state index >= 15 is 0 Å². The minimum Gasteiger partial charge on any atom is -0.755 e. The molecule has 0 aliphatic heterocycles. The summed E-state index contributed by atoms with van der Waals surface area (Å²) in [4.78, 5) is 11.8. The van der Waals surface area contributed by atoms with Gasteiger partial charge in [-0.3, -0.25) is 13.3 Å². The molecule has 1 unspecified atom stereocenters. The number of amides is 1. The fraction of sp³-hybridized carbons (Fsp3) is 0.318. The lowest BCUT2D eigenvalue weighted by atomic mass is 9.87. The van der Waals surface area contributed by atoms with Gasteiger partial charge in [-0.25, -0.2) is 0 Å². The predicted molar refractivity (Wildman–Crippen MR) is 121 cm³/mol. The van der Waals surface area contributed by atoms with Crippen LogP contribution in [0.2, 0.25) is 0 Å². The van der Waals surface area contributed by atoms with Crippen LogP contribution < -0.4 is 10.0 Å². The van der Waals surface area contributed by atoms with Gasteiger partial charge in [0.05, 0.1) is 22.6 Å². The molecule has 1 aromatic heterocycles. The van der Waals surface area contributed by atoms with Crippen LogP contribution in [0, 0.1) is 0 Å². The van der Waals surface area contributed by atoms with Gasteiger partial charge < -0.3 is 14.9 Å². The van der Waals surface area contributed by atoms with Crippen LogP contribution in [0.4, 0.5) is 11.4 Å². The summed E-state index contributed by atoms with van der Waals surface area (Å²) in [5.74, 6) is 0.557. The zero-order valence-electron chi connectivity index (χ0n) is 18.2. The molecule has 3 rings (SSSR count). The van der Waals surface area contributed by atoms with Crippen molar-refractivity contribution in [3.05, 3.63) is 59.4 Å². The van der Waals surface area contributed by atoms with E-state index in [-0.39, 0.29) is 11.0 Å². The fourth-order valence-electron chi connectivity index (χ4n) is 3.35. The summed E-state index contributed by atoms with van der Waals surface area (Å²) < 4.78 is 27.6. The second kappa shape index (κ2) is 8.60. The lowest BCUT2D eigenvalue weighted by Crippen LogP contribution is -2.21. The Morgan fingerprint density at radius 1 is 1.16 bits per heavy atom. The van der Waals surface area contributed by atoms with Gasteiger partial charge in [-0.15, -0.1) is 10.2 Å². The van der Waals surface area contributed by atoms with Crippen molar-refractivity contribution in [2.24, 2.45) is 12.8 Å². The van der Waals surface area contributed by atoms with Gasteiger partial charge in [0.25, 0.3) is 0 Å². The van der Waals surface area contributed by atoms with E-state index in [1.54, 1.807) is 35.9 Å². The molecule has 0 aliphatic carbocycles. The first kappa shape index (κ1) is 22.6. The molecule has 0 saturated carbocycles. The maximum atomic E-state index is 12.3. The van der Waals surface area contributed by atoms with Crippen LogP contribution in [0.15, 0.2) is 42.5 Å². The Morgan fingerprint density at radius 3 is 2.29 bits per heavy atom. The van der Waals surface area contributed by atoms with Crippen molar-refractivity contribution in [2.45, 2.75) is 39.5 Å². The summed E-state index contributed by atoms with van der Waals surface area (Å²) in [5.41, 5.74) is 7.98. The maximum Gasteiger partial charge on any atom is 0.248 e. The summed E-state index contributed by atoms with van der Waals surface area (Å²) in [6.45, 7) is 8.22. The predicted octanol–water partition coefficient (Wildman–Crippen LogP) is 3.37. The Balaban J connectivity index is 2.21. The molecule has 1 heterocycles. The Kier molecular flexibility index (Phi) is 6.28. The number of rotatable bonds is 6. The molecule has 1 amide bonds. The summed E-state index contributed by atoms with van der Waals surface area (Å²) in [6, 6.07) is 11.9. The van der Waals surface area contributed by atoms with E-state index in [2.05, 4.69) is 31.0 Å². The van der Waals surface area contributed by atoms with Gasteiger partial charge in [0.2, 0.25) is 5.91 Å².